The normalized spacial score (nSPS) is 12.9. The van der Waals surface area contributed by atoms with Gasteiger partial charge in [0, 0.05) is 6.20 Å². The smallest absolute Gasteiger partial charge is 0.442 e. The Balaban J connectivity index is 1.69. The zero-order chi connectivity index (χ0) is 24.5. The Hall–Kier alpha value is -4.00. The van der Waals surface area contributed by atoms with Crippen LogP contribution in [0.5, 0.6) is 0 Å². The number of carbonyl (C=O) groups is 1. The number of nitrogens with zero attached hydrogens (tertiary/aromatic N) is 2. The predicted molar refractivity (Wildman–Crippen MR) is 126 cm³/mol. The number of benzene rings is 2. The zero-order valence-electron chi connectivity index (χ0n) is 18.4. The molecule has 0 spiro atoms. The maximum absolute atomic E-state index is 14.0. The van der Waals surface area contributed by atoms with Crippen LogP contribution in [0.2, 0.25) is 0 Å². The van der Waals surface area contributed by atoms with Gasteiger partial charge >= 0.3 is 13.2 Å². The molecule has 34 heavy (non-hydrogen) atoms. The van der Waals surface area contributed by atoms with Crippen LogP contribution in [0.4, 0.5) is 9.18 Å². The van der Waals surface area contributed by atoms with Crippen LogP contribution in [0.15, 0.2) is 72.9 Å². The first kappa shape index (κ1) is 24.6. The summed E-state index contributed by atoms with van der Waals surface area (Å²) in [5.41, 5.74) is 2.06. The third-order valence-electron chi connectivity index (χ3n) is 5.07. The number of carbonyl (C=O) groups excluding carboxylic acids is 1. The second-order valence-corrected chi connectivity index (χ2v) is 7.58. The van der Waals surface area contributed by atoms with Gasteiger partial charge in [-0.15, -0.1) is 0 Å². The molecule has 1 heterocycles. The van der Waals surface area contributed by atoms with E-state index in [0.29, 0.717) is 11.1 Å². The lowest BCUT2D eigenvalue weighted by Gasteiger charge is -2.20. The highest BCUT2D eigenvalue weighted by Gasteiger charge is 2.27. The Morgan fingerprint density at radius 3 is 2.65 bits per heavy atom. The number of hydrogen-bond acceptors (Lipinski definition) is 6. The molecule has 0 saturated heterocycles. The second-order valence-electron chi connectivity index (χ2n) is 7.58. The van der Waals surface area contributed by atoms with Gasteiger partial charge in [0.25, 0.3) is 0 Å². The summed E-state index contributed by atoms with van der Waals surface area (Å²) < 4.78 is 19.4. The molecule has 9 heteroatoms. The van der Waals surface area contributed by atoms with Crippen molar-refractivity contribution in [2.75, 3.05) is 0 Å². The molecule has 2 aromatic carbocycles. The van der Waals surface area contributed by atoms with Crippen LogP contribution in [0.25, 0.3) is 11.6 Å². The van der Waals surface area contributed by atoms with E-state index >= 15 is 0 Å². The van der Waals surface area contributed by atoms with E-state index in [1.54, 1.807) is 31.2 Å². The molecular weight excluding hydrogens is 436 g/mol. The van der Waals surface area contributed by atoms with E-state index in [9.17, 15) is 24.5 Å². The van der Waals surface area contributed by atoms with E-state index in [0.717, 1.165) is 5.56 Å². The van der Waals surface area contributed by atoms with Crippen molar-refractivity contribution in [1.82, 2.24) is 10.3 Å². The Bertz CT molecular complexity index is 1200. The monoisotopic (exact) mass is 459 g/mol. The lowest BCUT2D eigenvalue weighted by molar-refractivity contribution is 0.105. The molecule has 0 bridgehead atoms. The minimum absolute atomic E-state index is 0.0499. The van der Waals surface area contributed by atoms with Crippen molar-refractivity contribution in [3.8, 4) is 6.07 Å². The van der Waals surface area contributed by atoms with Gasteiger partial charge in [0.1, 0.15) is 23.7 Å². The number of nitriles is 1. The maximum Gasteiger partial charge on any atom is 0.475 e. The van der Waals surface area contributed by atoms with E-state index < -0.39 is 31.1 Å². The van der Waals surface area contributed by atoms with E-state index in [1.807, 2.05) is 36.4 Å². The third kappa shape index (κ3) is 6.75. The first-order chi connectivity index (χ1) is 16.4. The van der Waals surface area contributed by atoms with Crippen LogP contribution in [-0.2, 0) is 11.2 Å². The van der Waals surface area contributed by atoms with Crippen molar-refractivity contribution in [3.63, 3.8) is 0 Å². The lowest BCUT2D eigenvalue weighted by Crippen LogP contribution is -2.48. The van der Waals surface area contributed by atoms with Crippen LogP contribution in [0.1, 0.15) is 35.4 Å². The summed E-state index contributed by atoms with van der Waals surface area (Å²) in [5, 5.41) is 31.2. The van der Waals surface area contributed by atoms with Crippen molar-refractivity contribution in [1.29, 1.82) is 5.26 Å². The molecule has 2 unspecified atom stereocenters. The minimum Gasteiger partial charge on any atom is -0.442 e. The number of aromatic nitrogens is 1. The molecule has 2 atom stereocenters. The van der Waals surface area contributed by atoms with Gasteiger partial charge in [-0.2, -0.15) is 5.26 Å². The third-order valence-corrected chi connectivity index (χ3v) is 5.07. The Morgan fingerprint density at radius 2 is 1.97 bits per heavy atom. The Morgan fingerprint density at radius 1 is 1.21 bits per heavy atom. The van der Waals surface area contributed by atoms with E-state index in [2.05, 4.69) is 10.3 Å². The molecule has 3 aromatic rings. The summed E-state index contributed by atoms with van der Waals surface area (Å²) in [5.74, 6) is -1.56. The van der Waals surface area contributed by atoms with E-state index in [1.165, 1.54) is 24.4 Å². The van der Waals surface area contributed by atoms with Crippen molar-refractivity contribution in [3.05, 3.63) is 101 Å². The summed E-state index contributed by atoms with van der Waals surface area (Å²) in [7, 11) is -1.77. The number of rotatable bonds is 8. The maximum atomic E-state index is 14.0. The summed E-state index contributed by atoms with van der Waals surface area (Å²) >= 11 is 0. The number of amides is 1. The standard InChI is InChI=1S/C25H23BFN3O4/c1-17(34-25(31)30-23(26(32)33)15-18-7-3-2-4-8-18)20-10-5-9-19(13-20)14-21(16-28)24-22(27)11-6-12-29-24/h2-14,17,23,32-33H,15H2,1H3,(H,30,31). The molecule has 1 aromatic heterocycles. The average Bonchev–Trinajstić information content (AvgIpc) is 2.83. The van der Waals surface area contributed by atoms with Crippen LogP contribution in [0.3, 0.4) is 0 Å². The van der Waals surface area contributed by atoms with Crippen LogP contribution >= 0.6 is 0 Å². The fourth-order valence-corrected chi connectivity index (χ4v) is 3.32. The summed E-state index contributed by atoms with van der Waals surface area (Å²) in [6, 6.07) is 20.6. The quantitative estimate of drug-likeness (QED) is 0.350. The fourth-order valence-electron chi connectivity index (χ4n) is 3.32. The van der Waals surface area contributed by atoms with Gasteiger partial charge in [0.2, 0.25) is 0 Å². The summed E-state index contributed by atoms with van der Waals surface area (Å²) in [6.45, 7) is 1.66. The van der Waals surface area contributed by atoms with Crippen LogP contribution < -0.4 is 5.32 Å². The highest BCUT2D eigenvalue weighted by atomic mass is 19.1. The molecule has 0 fully saturated rings. The summed E-state index contributed by atoms with van der Waals surface area (Å²) in [4.78, 5) is 16.3. The van der Waals surface area contributed by atoms with Gasteiger partial charge in [-0.1, -0.05) is 48.5 Å². The Kier molecular flexibility index (Phi) is 8.51. The lowest BCUT2D eigenvalue weighted by atomic mass is 9.76. The number of alkyl carbamates (subject to hydrolysis) is 1. The highest BCUT2D eigenvalue weighted by molar-refractivity contribution is 6.43. The van der Waals surface area contributed by atoms with E-state index in [4.69, 9.17) is 4.74 Å². The first-order valence-electron chi connectivity index (χ1n) is 10.6. The highest BCUT2D eigenvalue weighted by Crippen LogP contribution is 2.22. The molecule has 0 aliphatic carbocycles. The number of hydrogen-bond donors (Lipinski definition) is 3. The molecular formula is C25H23BFN3O4. The number of allylic oxidation sites excluding steroid dienone is 1. The van der Waals surface area contributed by atoms with Gasteiger partial charge in [0.15, 0.2) is 0 Å². The number of halogens is 1. The van der Waals surface area contributed by atoms with Crippen LogP contribution in [0, 0.1) is 17.1 Å². The topological polar surface area (TPSA) is 115 Å². The number of nitrogens with one attached hydrogen (secondary N) is 1. The molecule has 1 amide bonds. The van der Waals surface area contributed by atoms with Crippen molar-refractivity contribution in [2.24, 2.45) is 0 Å². The molecule has 0 saturated carbocycles. The van der Waals surface area contributed by atoms with Gasteiger partial charge in [-0.05, 0) is 54.3 Å². The van der Waals surface area contributed by atoms with E-state index in [-0.39, 0.29) is 17.7 Å². The molecule has 3 rings (SSSR count). The Labute approximate surface area is 197 Å². The SMILES string of the molecule is CC(OC(=O)NC(Cc1ccccc1)B(O)O)c1cccc(C=C(C#N)c2ncccc2F)c1. The van der Waals surface area contributed by atoms with Gasteiger partial charge in [-0.25, -0.2) is 9.18 Å². The number of pyridine rings is 1. The first-order valence-corrected chi connectivity index (χ1v) is 10.6. The van der Waals surface area contributed by atoms with Crippen LogP contribution in [-0.4, -0.2) is 34.2 Å². The number of ether oxygens (including phenoxy) is 1. The molecule has 7 nitrogen and oxygen atoms in total. The van der Waals surface area contributed by atoms with Crippen molar-refractivity contribution in [2.45, 2.75) is 25.4 Å². The molecule has 172 valence electrons. The average molecular weight is 459 g/mol. The van der Waals surface area contributed by atoms with Gasteiger partial charge in [0.05, 0.1) is 11.5 Å². The molecule has 3 N–H and O–H groups in total. The zero-order valence-corrected chi connectivity index (χ0v) is 18.4. The summed E-state index contributed by atoms with van der Waals surface area (Å²) in [6.07, 6.45) is 1.63. The van der Waals surface area contributed by atoms with Crippen molar-refractivity contribution < 1.29 is 24.0 Å². The minimum atomic E-state index is -1.77. The molecule has 0 aliphatic heterocycles. The second kappa shape index (κ2) is 11.7. The fraction of sp³-hybridized carbons (Fsp3) is 0.160. The van der Waals surface area contributed by atoms with Gasteiger partial charge in [-0.3, -0.25) is 4.98 Å². The predicted octanol–water partition coefficient (Wildman–Crippen LogP) is 3.70. The van der Waals surface area contributed by atoms with Crippen molar-refractivity contribution >= 4 is 24.9 Å². The molecule has 0 aliphatic rings. The largest absolute Gasteiger partial charge is 0.475 e. The van der Waals surface area contributed by atoms with Gasteiger partial charge < -0.3 is 20.1 Å². The molecule has 0 radical (unpaired) electrons.